The summed E-state index contributed by atoms with van der Waals surface area (Å²) in [7, 11) is 0. The molecule has 1 unspecified atom stereocenters. The molecule has 0 aromatic rings. The quantitative estimate of drug-likeness (QED) is 0.417. The molecule has 4 heteroatoms. The predicted octanol–water partition coefficient (Wildman–Crippen LogP) is -0.373. The third-order valence-electron chi connectivity index (χ3n) is 1.07. The third kappa shape index (κ3) is 3.06. The van der Waals surface area contributed by atoms with Crippen molar-refractivity contribution >= 4 is 11.7 Å². The summed E-state index contributed by atoms with van der Waals surface area (Å²) in [5.41, 5.74) is 10.2. The molecule has 0 radical (unpaired) electrons. The fourth-order valence-corrected chi connectivity index (χ4v) is 0.602. The number of aliphatic imine (C=N–C) groups is 1. The number of primary amides is 1. The van der Waals surface area contributed by atoms with Crippen LogP contribution in [0, 0.1) is 0 Å². The molecule has 4 N–H and O–H groups in total. The molecule has 10 heavy (non-hydrogen) atoms. The predicted molar refractivity (Wildman–Crippen MR) is 40.6 cm³/mol. The van der Waals surface area contributed by atoms with E-state index in [1.54, 1.807) is 6.92 Å². The van der Waals surface area contributed by atoms with Gasteiger partial charge in [0.05, 0.1) is 5.84 Å². The van der Waals surface area contributed by atoms with E-state index in [-0.39, 0.29) is 0 Å². The number of amidine groups is 1. The van der Waals surface area contributed by atoms with Gasteiger partial charge in [0, 0.05) is 0 Å². The van der Waals surface area contributed by atoms with Crippen LogP contribution in [0.2, 0.25) is 0 Å². The zero-order valence-corrected chi connectivity index (χ0v) is 6.29. The molecule has 0 aliphatic heterocycles. The van der Waals surface area contributed by atoms with Gasteiger partial charge in [-0.1, -0.05) is 6.92 Å². The van der Waals surface area contributed by atoms with Gasteiger partial charge in [0.2, 0.25) is 5.91 Å². The first-order valence-electron chi connectivity index (χ1n) is 3.17. The molecular formula is C6H13N3O. The van der Waals surface area contributed by atoms with Crippen molar-refractivity contribution in [3.63, 3.8) is 0 Å². The minimum Gasteiger partial charge on any atom is -0.388 e. The normalized spacial score (nSPS) is 14.8. The van der Waals surface area contributed by atoms with Gasteiger partial charge in [0.1, 0.15) is 6.04 Å². The van der Waals surface area contributed by atoms with Crippen molar-refractivity contribution in [2.45, 2.75) is 26.3 Å². The Morgan fingerprint density at radius 2 is 2.10 bits per heavy atom. The molecule has 0 bridgehead atoms. The van der Waals surface area contributed by atoms with Crippen LogP contribution in [0.5, 0.6) is 0 Å². The van der Waals surface area contributed by atoms with Crippen molar-refractivity contribution in [2.75, 3.05) is 0 Å². The molecule has 0 aromatic carbocycles. The monoisotopic (exact) mass is 143 g/mol. The van der Waals surface area contributed by atoms with E-state index in [4.69, 9.17) is 11.5 Å². The van der Waals surface area contributed by atoms with Crippen molar-refractivity contribution in [2.24, 2.45) is 16.5 Å². The summed E-state index contributed by atoms with van der Waals surface area (Å²) in [6.45, 7) is 3.47. The minimum absolute atomic E-state index is 0.394. The number of carbonyl (C=O) groups excluding carboxylic acids is 1. The number of hydrogen-bond donors (Lipinski definition) is 2. The number of nitrogens with two attached hydrogens (primary N) is 2. The number of nitrogens with zero attached hydrogens (tertiary/aromatic N) is 1. The standard InChI is InChI=1S/C6H13N3O/c1-3-5(6(8)10)9-4(2)7/h5H,3H2,1-2H3,(H2,7,9)(H2,8,10). The first-order chi connectivity index (χ1) is 4.57. The van der Waals surface area contributed by atoms with Crippen LogP contribution in [0.3, 0.4) is 0 Å². The molecule has 0 rings (SSSR count). The molecule has 0 fully saturated rings. The number of hydrogen-bond acceptors (Lipinski definition) is 2. The Morgan fingerprint density at radius 3 is 2.20 bits per heavy atom. The molecular weight excluding hydrogens is 130 g/mol. The van der Waals surface area contributed by atoms with Gasteiger partial charge in [-0.15, -0.1) is 0 Å². The molecule has 0 spiro atoms. The van der Waals surface area contributed by atoms with Crippen molar-refractivity contribution in [1.29, 1.82) is 0 Å². The van der Waals surface area contributed by atoms with E-state index in [0.717, 1.165) is 0 Å². The summed E-state index contributed by atoms with van der Waals surface area (Å²) < 4.78 is 0. The van der Waals surface area contributed by atoms with Crippen LogP contribution in [-0.2, 0) is 4.79 Å². The smallest absolute Gasteiger partial charge is 0.242 e. The number of rotatable bonds is 3. The topological polar surface area (TPSA) is 81.5 Å². The molecule has 0 aliphatic rings. The van der Waals surface area contributed by atoms with Gasteiger partial charge in [-0.05, 0) is 13.3 Å². The molecule has 1 atom stereocenters. The second-order valence-corrected chi connectivity index (χ2v) is 2.10. The second-order valence-electron chi connectivity index (χ2n) is 2.10. The van der Waals surface area contributed by atoms with Crippen molar-refractivity contribution in [3.05, 3.63) is 0 Å². The molecule has 0 heterocycles. The molecule has 58 valence electrons. The highest BCUT2D eigenvalue weighted by atomic mass is 16.1. The fraction of sp³-hybridized carbons (Fsp3) is 0.667. The maximum atomic E-state index is 10.5. The zero-order chi connectivity index (χ0) is 8.15. The Labute approximate surface area is 60.3 Å². The average Bonchev–Trinajstić information content (AvgIpc) is 1.81. The van der Waals surface area contributed by atoms with E-state index in [1.165, 1.54) is 0 Å². The van der Waals surface area contributed by atoms with Crippen LogP contribution >= 0.6 is 0 Å². The van der Waals surface area contributed by atoms with Gasteiger partial charge in [0.15, 0.2) is 0 Å². The van der Waals surface area contributed by atoms with Crippen LogP contribution in [0.25, 0.3) is 0 Å². The highest BCUT2D eigenvalue weighted by Crippen LogP contribution is 1.94. The lowest BCUT2D eigenvalue weighted by Gasteiger charge is -2.03. The van der Waals surface area contributed by atoms with E-state index < -0.39 is 11.9 Å². The number of carbonyl (C=O) groups is 1. The van der Waals surface area contributed by atoms with Crippen molar-refractivity contribution in [1.82, 2.24) is 0 Å². The number of amides is 1. The highest BCUT2D eigenvalue weighted by molar-refractivity contribution is 5.85. The summed E-state index contributed by atoms with van der Waals surface area (Å²) in [4.78, 5) is 14.3. The lowest BCUT2D eigenvalue weighted by atomic mass is 10.2. The zero-order valence-electron chi connectivity index (χ0n) is 6.29. The SMILES string of the molecule is CCC(N=C(C)N)C(N)=O. The van der Waals surface area contributed by atoms with Crippen LogP contribution in [0.15, 0.2) is 4.99 Å². The Kier molecular flexibility index (Phi) is 3.46. The van der Waals surface area contributed by atoms with Crippen molar-refractivity contribution < 1.29 is 4.79 Å². The van der Waals surface area contributed by atoms with Gasteiger partial charge in [0.25, 0.3) is 0 Å². The first-order valence-corrected chi connectivity index (χ1v) is 3.17. The Hall–Kier alpha value is -1.06. The summed E-state index contributed by atoms with van der Waals surface area (Å²) >= 11 is 0. The summed E-state index contributed by atoms with van der Waals surface area (Å²) in [5.74, 6) is -0.0297. The van der Waals surface area contributed by atoms with Crippen LogP contribution in [0.1, 0.15) is 20.3 Å². The molecule has 0 aliphatic carbocycles. The highest BCUT2D eigenvalue weighted by Gasteiger charge is 2.09. The maximum Gasteiger partial charge on any atom is 0.242 e. The Bertz CT molecular complexity index is 149. The van der Waals surface area contributed by atoms with E-state index >= 15 is 0 Å². The first kappa shape index (κ1) is 8.94. The fourth-order valence-electron chi connectivity index (χ4n) is 0.602. The maximum absolute atomic E-state index is 10.5. The molecule has 0 saturated heterocycles. The molecule has 0 aromatic heterocycles. The van der Waals surface area contributed by atoms with Crippen molar-refractivity contribution in [3.8, 4) is 0 Å². The van der Waals surface area contributed by atoms with Crippen LogP contribution < -0.4 is 11.5 Å². The largest absolute Gasteiger partial charge is 0.388 e. The van der Waals surface area contributed by atoms with Crippen LogP contribution in [-0.4, -0.2) is 17.8 Å². The van der Waals surface area contributed by atoms with Gasteiger partial charge < -0.3 is 11.5 Å². The summed E-state index contributed by atoms with van der Waals surface area (Å²) in [5, 5.41) is 0. The summed E-state index contributed by atoms with van der Waals surface area (Å²) in [6.07, 6.45) is 0.601. The van der Waals surface area contributed by atoms with Gasteiger partial charge in [-0.2, -0.15) is 0 Å². The van der Waals surface area contributed by atoms with E-state index in [9.17, 15) is 4.79 Å². The molecule has 4 nitrogen and oxygen atoms in total. The van der Waals surface area contributed by atoms with Gasteiger partial charge in [-0.25, -0.2) is 0 Å². The van der Waals surface area contributed by atoms with Crippen LogP contribution in [0.4, 0.5) is 0 Å². The third-order valence-corrected chi connectivity index (χ3v) is 1.07. The average molecular weight is 143 g/mol. The van der Waals surface area contributed by atoms with E-state index in [2.05, 4.69) is 4.99 Å². The lowest BCUT2D eigenvalue weighted by Crippen LogP contribution is -2.28. The summed E-state index contributed by atoms with van der Waals surface area (Å²) in [6, 6.07) is -0.454. The Balaban J connectivity index is 4.09. The van der Waals surface area contributed by atoms with Gasteiger partial charge in [-0.3, -0.25) is 9.79 Å². The lowest BCUT2D eigenvalue weighted by molar-refractivity contribution is -0.119. The minimum atomic E-state index is -0.454. The van der Waals surface area contributed by atoms with Gasteiger partial charge >= 0.3 is 0 Å². The second kappa shape index (κ2) is 3.87. The molecule has 1 amide bonds. The Morgan fingerprint density at radius 1 is 1.60 bits per heavy atom. The molecule has 0 saturated carbocycles. The van der Waals surface area contributed by atoms with E-state index in [1.807, 2.05) is 6.92 Å². The van der Waals surface area contributed by atoms with E-state index in [0.29, 0.717) is 12.3 Å².